The molecule has 128 valence electrons. The number of halogens is 1. The molecule has 1 aromatic heterocycles. The highest BCUT2D eigenvalue weighted by atomic mass is 127. The second-order valence-electron chi connectivity index (χ2n) is 5.67. The van der Waals surface area contributed by atoms with Gasteiger partial charge in [-0.2, -0.15) is 0 Å². The minimum Gasteiger partial charge on any atom is -0.353 e. The van der Waals surface area contributed by atoms with Crippen LogP contribution < -0.4 is 10.6 Å². The minimum atomic E-state index is 0. The van der Waals surface area contributed by atoms with E-state index in [9.17, 15) is 0 Å². The number of aliphatic imine (C=N–C) groups is 1. The lowest BCUT2D eigenvalue weighted by Crippen LogP contribution is -2.42. The highest BCUT2D eigenvalue weighted by molar-refractivity contribution is 14.0. The molecule has 6 heteroatoms. The van der Waals surface area contributed by atoms with Crippen LogP contribution >= 0.6 is 24.0 Å². The van der Waals surface area contributed by atoms with Crippen molar-refractivity contribution in [3.8, 4) is 0 Å². The summed E-state index contributed by atoms with van der Waals surface area (Å²) in [5, 5.41) is 6.79. The van der Waals surface area contributed by atoms with Crippen molar-refractivity contribution in [3.63, 3.8) is 0 Å². The van der Waals surface area contributed by atoms with Crippen LogP contribution in [0.1, 0.15) is 24.2 Å². The van der Waals surface area contributed by atoms with E-state index >= 15 is 0 Å². The summed E-state index contributed by atoms with van der Waals surface area (Å²) in [5.41, 5.74) is 1.27. The maximum atomic E-state index is 4.46. The number of nitrogens with one attached hydrogen (secondary N) is 2. The van der Waals surface area contributed by atoms with Crippen molar-refractivity contribution < 1.29 is 0 Å². The first-order valence-electron chi connectivity index (χ1n) is 8.01. The highest BCUT2D eigenvalue weighted by Gasteiger charge is 2.12. The maximum Gasteiger partial charge on any atom is 0.191 e. The topological polar surface area (TPSA) is 54.2 Å². The summed E-state index contributed by atoms with van der Waals surface area (Å²) in [4.78, 5) is 8.75. The van der Waals surface area contributed by atoms with Crippen molar-refractivity contribution in [2.24, 2.45) is 4.99 Å². The van der Waals surface area contributed by atoms with Gasteiger partial charge in [0.25, 0.3) is 0 Å². The van der Waals surface area contributed by atoms with Crippen LogP contribution in [0.2, 0.25) is 0 Å². The molecule has 1 aliphatic rings. The van der Waals surface area contributed by atoms with Crippen LogP contribution in [-0.4, -0.2) is 28.6 Å². The van der Waals surface area contributed by atoms with E-state index in [-0.39, 0.29) is 24.0 Å². The average Bonchev–Trinajstić information content (AvgIpc) is 3.24. The normalized spacial score (nSPS) is 14.5. The maximum absolute atomic E-state index is 4.46. The fourth-order valence-electron chi connectivity index (χ4n) is 2.72. The molecule has 0 amide bonds. The lowest BCUT2D eigenvalue weighted by molar-refractivity contribution is 0.623. The summed E-state index contributed by atoms with van der Waals surface area (Å²) < 4.78 is 2.16. The molecular formula is C18H24IN5. The van der Waals surface area contributed by atoms with Gasteiger partial charge in [-0.15, -0.1) is 24.0 Å². The smallest absolute Gasteiger partial charge is 0.191 e. The molecule has 1 heterocycles. The number of aromatic nitrogens is 2. The average molecular weight is 437 g/mol. The first-order valence-corrected chi connectivity index (χ1v) is 8.01. The summed E-state index contributed by atoms with van der Waals surface area (Å²) in [6, 6.07) is 10.9. The van der Waals surface area contributed by atoms with Crippen molar-refractivity contribution in [2.45, 2.75) is 32.0 Å². The van der Waals surface area contributed by atoms with Crippen LogP contribution in [0.5, 0.6) is 0 Å². The molecule has 2 aromatic rings. The second-order valence-corrected chi connectivity index (χ2v) is 5.67. The van der Waals surface area contributed by atoms with Gasteiger partial charge in [-0.05, 0) is 18.4 Å². The number of rotatable bonds is 5. The second kappa shape index (κ2) is 9.46. The molecule has 5 nitrogen and oxygen atoms in total. The van der Waals surface area contributed by atoms with Gasteiger partial charge >= 0.3 is 0 Å². The van der Waals surface area contributed by atoms with Crippen molar-refractivity contribution >= 4 is 29.9 Å². The highest BCUT2D eigenvalue weighted by Crippen LogP contribution is 2.09. The molecule has 0 aliphatic heterocycles. The zero-order valence-electron chi connectivity index (χ0n) is 13.9. The van der Waals surface area contributed by atoms with Crippen molar-refractivity contribution in [1.82, 2.24) is 20.2 Å². The molecule has 0 saturated heterocycles. The fraction of sp³-hybridized carbons (Fsp3) is 0.333. The quantitative estimate of drug-likeness (QED) is 0.328. The summed E-state index contributed by atoms with van der Waals surface area (Å²) >= 11 is 0. The van der Waals surface area contributed by atoms with Gasteiger partial charge in [-0.3, -0.25) is 4.99 Å². The van der Waals surface area contributed by atoms with Gasteiger partial charge < -0.3 is 15.2 Å². The predicted octanol–water partition coefficient (Wildman–Crippen LogP) is 2.93. The van der Waals surface area contributed by atoms with E-state index < -0.39 is 0 Å². The van der Waals surface area contributed by atoms with Crippen molar-refractivity contribution in [2.75, 3.05) is 7.05 Å². The molecule has 24 heavy (non-hydrogen) atoms. The third-order valence-electron chi connectivity index (χ3n) is 3.98. The van der Waals surface area contributed by atoms with E-state index in [0.717, 1.165) is 31.2 Å². The Morgan fingerprint density at radius 1 is 1.25 bits per heavy atom. The monoisotopic (exact) mass is 437 g/mol. The summed E-state index contributed by atoms with van der Waals surface area (Å²) in [6.45, 7) is 1.48. The number of nitrogens with zero attached hydrogens (tertiary/aromatic N) is 3. The van der Waals surface area contributed by atoms with E-state index in [1.54, 1.807) is 7.05 Å². The molecule has 0 unspecified atom stereocenters. The molecule has 3 rings (SSSR count). The summed E-state index contributed by atoms with van der Waals surface area (Å²) in [7, 11) is 1.80. The van der Waals surface area contributed by atoms with Gasteiger partial charge in [0, 0.05) is 32.0 Å². The SMILES string of the molecule is CN=C(NCc1nccn1Cc1ccccc1)NC1CC=CC1.I. The third-order valence-corrected chi connectivity index (χ3v) is 3.98. The van der Waals surface area contributed by atoms with Crippen LogP contribution in [0.25, 0.3) is 0 Å². The van der Waals surface area contributed by atoms with Crippen LogP contribution in [0.4, 0.5) is 0 Å². The number of benzene rings is 1. The number of imidazole rings is 1. The van der Waals surface area contributed by atoms with E-state index in [1.807, 2.05) is 18.5 Å². The number of guanidine groups is 1. The molecule has 0 spiro atoms. The molecule has 0 saturated carbocycles. The molecule has 2 N–H and O–H groups in total. The molecule has 0 fully saturated rings. The van der Waals surface area contributed by atoms with Gasteiger partial charge in [0.1, 0.15) is 5.82 Å². The summed E-state index contributed by atoms with van der Waals surface area (Å²) in [6.07, 6.45) is 10.4. The lowest BCUT2D eigenvalue weighted by atomic mass is 10.2. The Labute approximate surface area is 160 Å². The molecule has 1 aliphatic carbocycles. The van der Waals surface area contributed by atoms with Gasteiger partial charge in [-0.1, -0.05) is 42.5 Å². The summed E-state index contributed by atoms with van der Waals surface area (Å²) in [5.74, 6) is 1.83. The Balaban J connectivity index is 0.00000208. The Bertz CT molecular complexity index is 670. The van der Waals surface area contributed by atoms with E-state index in [0.29, 0.717) is 12.6 Å². The third kappa shape index (κ3) is 5.09. The molecular weight excluding hydrogens is 413 g/mol. The van der Waals surface area contributed by atoms with E-state index in [1.165, 1.54) is 5.56 Å². The lowest BCUT2D eigenvalue weighted by Gasteiger charge is -2.17. The minimum absolute atomic E-state index is 0. The standard InChI is InChI=1S/C18H23N5.HI/c1-19-18(22-16-9-5-6-10-16)21-13-17-20-11-12-23(17)14-15-7-3-2-4-8-15;/h2-8,11-12,16H,9-10,13-14H2,1H3,(H2,19,21,22);1H. The number of hydrogen-bond donors (Lipinski definition) is 2. The largest absolute Gasteiger partial charge is 0.353 e. The van der Waals surface area contributed by atoms with E-state index in [4.69, 9.17) is 0 Å². The Morgan fingerprint density at radius 2 is 2.00 bits per heavy atom. The van der Waals surface area contributed by atoms with Gasteiger partial charge in [0.05, 0.1) is 6.54 Å². The van der Waals surface area contributed by atoms with Crippen LogP contribution in [0.3, 0.4) is 0 Å². The van der Waals surface area contributed by atoms with Crippen LogP contribution in [0, 0.1) is 0 Å². The first kappa shape index (κ1) is 18.5. The van der Waals surface area contributed by atoms with Gasteiger partial charge in [0.2, 0.25) is 0 Å². The van der Waals surface area contributed by atoms with Gasteiger partial charge in [0.15, 0.2) is 5.96 Å². The van der Waals surface area contributed by atoms with Gasteiger partial charge in [-0.25, -0.2) is 4.98 Å². The Hall–Kier alpha value is -1.83. The van der Waals surface area contributed by atoms with Crippen molar-refractivity contribution in [3.05, 3.63) is 66.3 Å². The fourth-order valence-corrected chi connectivity index (χ4v) is 2.72. The molecule has 1 aromatic carbocycles. The molecule has 0 bridgehead atoms. The first-order chi connectivity index (χ1) is 11.3. The number of hydrogen-bond acceptors (Lipinski definition) is 2. The molecule has 0 atom stereocenters. The molecule has 0 radical (unpaired) electrons. The zero-order valence-corrected chi connectivity index (χ0v) is 16.2. The Kier molecular flexibility index (Phi) is 7.30. The van der Waals surface area contributed by atoms with Crippen molar-refractivity contribution in [1.29, 1.82) is 0 Å². The van der Waals surface area contributed by atoms with Crippen LogP contribution in [0.15, 0.2) is 59.9 Å². The van der Waals surface area contributed by atoms with Crippen LogP contribution in [-0.2, 0) is 13.1 Å². The van der Waals surface area contributed by atoms with E-state index in [2.05, 4.69) is 61.6 Å². The Morgan fingerprint density at radius 3 is 2.71 bits per heavy atom. The zero-order chi connectivity index (χ0) is 15.9. The predicted molar refractivity (Wildman–Crippen MR) is 109 cm³/mol.